The fourth-order valence-electron chi connectivity index (χ4n) is 2.96. The molecule has 2 heterocycles. The lowest BCUT2D eigenvalue weighted by Gasteiger charge is -2.25. The molecule has 0 unspecified atom stereocenters. The second-order valence-electron chi connectivity index (χ2n) is 5.39. The molecule has 1 aliphatic rings. The van der Waals surface area contributed by atoms with Crippen molar-refractivity contribution in [3.63, 3.8) is 0 Å². The summed E-state index contributed by atoms with van der Waals surface area (Å²) in [4.78, 5) is 6.90. The number of rotatable bonds is 6. The first-order valence-electron chi connectivity index (χ1n) is 7.57. The van der Waals surface area contributed by atoms with Crippen LogP contribution in [0, 0.1) is 0 Å². The minimum atomic E-state index is 0.249. The van der Waals surface area contributed by atoms with Crippen LogP contribution in [0.15, 0.2) is 18.2 Å². The summed E-state index contributed by atoms with van der Waals surface area (Å²) in [6.45, 7) is 1.42. The van der Waals surface area contributed by atoms with E-state index in [0.717, 1.165) is 47.4 Å². The van der Waals surface area contributed by atoms with Crippen molar-refractivity contribution in [1.29, 1.82) is 0 Å². The van der Waals surface area contributed by atoms with E-state index in [1.165, 1.54) is 11.5 Å². The molecule has 1 aromatic heterocycles. The third-order valence-corrected chi connectivity index (χ3v) is 4.82. The lowest BCUT2D eigenvalue weighted by atomic mass is 10.0. The van der Waals surface area contributed by atoms with Crippen molar-refractivity contribution >= 4 is 16.7 Å². The number of aromatic nitrogens is 2. The lowest BCUT2D eigenvalue weighted by molar-refractivity contribution is 0.179. The third-order valence-electron chi connectivity index (χ3n) is 4.03. The van der Waals surface area contributed by atoms with E-state index in [4.69, 9.17) is 14.2 Å². The van der Waals surface area contributed by atoms with Crippen LogP contribution in [0.5, 0.6) is 11.5 Å². The molecule has 0 saturated carbocycles. The predicted molar refractivity (Wildman–Crippen MR) is 89.5 cm³/mol. The van der Waals surface area contributed by atoms with Crippen LogP contribution in [0.1, 0.15) is 30.3 Å². The van der Waals surface area contributed by atoms with Gasteiger partial charge in [-0.2, -0.15) is 4.37 Å². The largest absolute Gasteiger partial charge is 0.497 e. The maximum absolute atomic E-state index is 5.57. The molecule has 124 valence electrons. The highest BCUT2D eigenvalue weighted by atomic mass is 32.1. The molecule has 1 atom stereocenters. The first kappa shape index (κ1) is 16.0. The molecule has 1 aromatic carbocycles. The summed E-state index contributed by atoms with van der Waals surface area (Å²) in [5, 5.41) is 0.942. The summed E-state index contributed by atoms with van der Waals surface area (Å²) >= 11 is 1.43. The molecule has 0 N–H and O–H groups in total. The maximum atomic E-state index is 5.57. The molecule has 2 aromatic rings. The van der Waals surface area contributed by atoms with E-state index < -0.39 is 0 Å². The number of ether oxygens (including phenoxy) is 3. The second kappa shape index (κ2) is 7.14. The van der Waals surface area contributed by atoms with Crippen molar-refractivity contribution < 1.29 is 14.2 Å². The lowest BCUT2D eigenvalue weighted by Crippen LogP contribution is -2.22. The standard InChI is InChI=1S/C16H21N3O3S/c1-20-10-15-17-16(23-18-15)19-8-4-5-13(19)12-7-6-11(21-2)9-14(12)22-3/h6-7,9,13H,4-5,8,10H2,1-3H3/t13-/m1/s1. The van der Waals surface area contributed by atoms with E-state index in [1.54, 1.807) is 21.3 Å². The molecule has 1 fully saturated rings. The van der Waals surface area contributed by atoms with Crippen LogP contribution in [0.2, 0.25) is 0 Å². The normalized spacial score (nSPS) is 17.5. The number of benzene rings is 1. The molecule has 1 saturated heterocycles. The van der Waals surface area contributed by atoms with Crippen LogP contribution in [-0.4, -0.2) is 37.2 Å². The van der Waals surface area contributed by atoms with Gasteiger partial charge in [-0.15, -0.1) is 0 Å². The van der Waals surface area contributed by atoms with Gasteiger partial charge in [-0.3, -0.25) is 0 Å². The van der Waals surface area contributed by atoms with Crippen LogP contribution in [-0.2, 0) is 11.3 Å². The van der Waals surface area contributed by atoms with Crippen LogP contribution in [0.4, 0.5) is 5.13 Å². The van der Waals surface area contributed by atoms with Crippen LogP contribution in [0.25, 0.3) is 0 Å². The monoisotopic (exact) mass is 335 g/mol. The van der Waals surface area contributed by atoms with Gasteiger partial charge >= 0.3 is 0 Å². The molecule has 3 rings (SSSR count). The summed E-state index contributed by atoms with van der Waals surface area (Å²) in [6.07, 6.45) is 2.20. The van der Waals surface area contributed by atoms with Crippen molar-refractivity contribution in [1.82, 2.24) is 9.36 Å². The fourth-order valence-corrected chi connectivity index (χ4v) is 3.71. The summed E-state index contributed by atoms with van der Waals surface area (Å²) in [7, 11) is 5.01. The van der Waals surface area contributed by atoms with E-state index in [2.05, 4.69) is 20.3 Å². The van der Waals surface area contributed by atoms with Crippen molar-refractivity contribution in [3.05, 3.63) is 29.6 Å². The highest BCUT2D eigenvalue weighted by molar-refractivity contribution is 7.09. The van der Waals surface area contributed by atoms with Gasteiger partial charge in [-0.25, -0.2) is 4.98 Å². The molecule has 7 heteroatoms. The predicted octanol–water partition coefficient (Wildman–Crippen LogP) is 3.04. The van der Waals surface area contributed by atoms with E-state index in [9.17, 15) is 0 Å². The molecule has 1 aliphatic heterocycles. The minimum absolute atomic E-state index is 0.249. The summed E-state index contributed by atoms with van der Waals surface area (Å²) in [6, 6.07) is 6.24. The minimum Gasteiger partial charge on any atom is -0.497 e. The van der Waals surface area contributed by atoms with Gasteiger partial charge in [0.05, 0.1) is 20.3 Å². The highest BCUT2D eigenvalue weighted by Crippen LogP contribution is 2.41. The van der Waals surface area contributed by atoms with Gasteiger partial charge in [-0.05, 0) is 25.0 Å². The van der Waals surface area contributed by atoms with Crippen molar-refractivity contribution in [2.75, 3.05) is 32.8 Å². The van der Waals surface area contributed by atoms with Gasteiger partial charge in [0, 0.05) is 36.8 Å². The molecule has 23 heavy (non-hydrogen) atoms. The van der Waals surface area contributed by atoms with Gasteiger partial charge < -0.3 is 19.1 Å². The Hall–Kier alpha value is -1.86. The number of methoxy groups -OCH3 is 3. The van der Waals surface area contributed by atoms with Crippen LogP contribution < -0.4 is 14.4 Å². The average Bonchev–Trinajstić information content (AvgIpc) is 3.23. The summed E-state index contributed by atoms with van der Waals surface area (Å²) in [5.74, 6) is 2.39. The first-order chi connectivity index (χ1) is 11.3. The average molecular weight is 335 g/mol. The zero-order valence-corrected chi connectivity index (χ0v) is 14.4. The number of hydrogen-bond donors (Lipinski definition) is 0. The molecule has 0 spiro atoms. The van der Waals surface area contributed by atoms with E-state index in [1.807, 2.05) is 12.1 Å². The number of nitrogens with zero attached hydrogens (tertiary/aromatic N) is 3. The molecule has 0 aliphatic carbocycles. The SMILES string of the molecule is COCc1nsc(N2CCC[C@@H]2c2ccc(OC)cc2OC)n1. The van der Waals surface area contributed by atoms with Crippen molar-refractivity contribution in [2.24, 2.45) is 0 Å². The van der Waals surface area contributed by atoms with E-state index >= 15 is 0 Å². The van der Waals surface area contributed by atoms with Gasteiger partial charge in [0.15, 0.2) is 5.82 Å². The van der Waals surface area contributed by atoms with Gasteiger partial charge in [0.2, 0.25) is 5.13 Å². The fraction of sp³-hybridized carbons (Fsp3) is 0.500. The zero-order valence-electron chi connectivity index (χ0n) is 13.6. The second-order valence-corrected chi connectivity index (χ2v) is 6.12. The van der Waals surface area contributed by atoms with E-state index in [-0.39, 0.29) is 6.04 Å². The maximum Gasteiger partial charge on any atom is 0.205 e. The number of hydrogen-bond acceptors (Lipinski definition) is 7. The smallest absolute Gasteiger partial charge is 0.205 e. The van der Waals surface area contributed by atoms with Gasteiger partial charge in [-0.1, -0.05) is 0 Å². The third kappa shape index (κ3) is 3.25. The van der Waals surface area contributed by atoms with Gasteiger partial charge in [0.25, 0.3) is 0 Å². The van der Waals surface area contributed by atoms with Crippen LogP contribution >= 0.6 is 11.5 Å². The first-order valence-corrected chi connectivity index (χ1v) is 8.34. The van der Waals surface area contributed by atoms with Gasteiger partial charge in [0.1, 0.15) is 18.1 Å². The summed E-state index contributed by atoms with van der Waals surface area (Å²) < 4.78 is 20.3. The molecule has 0 amide bonds. The Kier molecular flexibility index (Phi) is 4.97. The Bertz CT molecular complexity index is 662. The van der Waals surface area contributed by atoms with E-state index in [0.29, 0.717) is 6.61 Å². The van der Waals surface area contributed by atoms with Crippen LogP contribution in [0.3, 0.4) is 0 Å². The molecular formula is C16H21N3O3S. The molecule has 0 bridgehead atoms. The highest BCUT2D eigenvalue weighted by Gasteiger charge is 2.30. The Morgan fingerprint density at radius 3 is 2.87 bits per heavy atom. The van der Waals surface area contributed by atoms with Crippen molar-refractivity contribution in [3.8, 4) is 11.5 Å². The zero-order chi connectivity index (χ0) is 16.2. The number of anilines is 1. The quantitative estimate of drug-likeness (QED) is 0.809. The Balaban J connectivity index is 1.89. The Labute approximate surface area is 140 Å². The molecule has 0 radical (unpaired) electrons. The Morgan fingerprint density at radius 2 is 2.13 bits per heavy atom. The Morgan fingerprint density at radius 1 is 1.26 bits per heavy atom. The van der Waals surface area contributed by atoms with Crippen molar-refractivity contribution in [2.45, 2.75) is 25.5 Å². The summed E-state index contributed by atoms with van der Waals surface area (Å²) in [5.41, 5.74) is 1.16. The topological polar surface area (TPSA) is 56.7 Å². The molecular weight excluding hydrogens is 314 g/mol. The molecule has 6 nitrogen and oxygen atoms in total.